The van der Waals surface area contributed by atoms with E-state index in [1.54, 1.807) is 4.90 Å². The van der Waals surface area contributed by atoms with E-state index >= 15 is 0 Å². The number of aryl methyl sites for hydroxylation is 3. The van der Waals surface area contributed by atoms with Gasteiger partial charge in [0.2, 0.25) is 11.8 Å². The van der Waals surface area contributed by atoms with E-state index in [-0.39, 0.29) is 30.4 Å². The molecule has 1 saturated heterocycles. The SMILES string of the molecule is CC(=O)N[C@@H]1CN(C(=O)CCn2nc(C)cc2C)C[C@H]1CO. The summed E-state index contributed by atoms with van der Waals surface area (Å²) in [6.45, 7) is 6.79. The zero-order valence-corrected chi connectivity index (χ0v) is 13.4. The molecular weight excluding hydrogens is 284 g/mol. The maximum Gasteiger partial charge on any atom is 0.224 e. The normalized spacial score (nSPS) is 21.2. The molecule has 0 saturated carbocycles. The number of rotatable bonds is 5. The van der Waals surface area contributed by atoms with Gasteiger partial charge in [-0.1, -0.05) is 0 Å². The van der Waals surface area contributed by atoms with Gasteiger partial charge in [0.05, 0.1) is 11.7 Å². The highest BCUT2D eigenvalue weighted by Crippen LogP contribution is 2.18. The maximum atomic E-state index is 12.3. The highest BCUT2D eigenvalue weighted by Gasteiger charge is 2.34. The number of aliphatic hydroxyl groups is 1. The molecule has 2 atom stereocenters. The van der Waals surface area contributed by atoms with Crippen LogP contribution in [0.15, 0.2) is 6.07 Å². The molecule has 1 aromatic heterocycles. The van der Waals surface area contributed by atoms with E-state index < -0.39 is 0 Å². The molecule has 7 heteroatoms. The van der Waals surface area contributed by atoms with Crippen molar-refractivity contribution in [2.45, 2.75) is 39.8 Å². The zero-order chi connectivity index (χ0) is 16.3. The first-order chi connectivity index (χ1) is 10.4. The first-order valence-corrected chi connectivity index (χ1v) is 7.57. The Morgan fingerprint density at radius 2 is 2.14 bits per heavy atom. The molecule has 1 aliphatic rings. The fraction of sp³-hybridized carbons (Fsp3) is 0.667. The molecule has 1 aromatic rings. The third-order valence-corrected chi connectivity index (χ3v) is 4.06. The molecule has 1 fully saturated rings. The first kappa shape index (κ1) is 16.5. The standard InChI is InChI=1S/C15H24N4O3/c1-10-6-11(2)19(17-10)5-4-15(22)18-7-13(9-20)14(8-18)16-12(3)21/h6,13-14,20H,4-5,7-9H2,1-3H3,(H,16,21)/t13-,14+/m0/s1. The maximum absolute atomic E-state index is 12.3. The van der Waals surface area contributed by atoms with Crippen LogP contribution in [0.3, 0.4) is 0 Å². The number of carbonyl (C=O) groups is 2. The van der Waals surface area contributed by atoms with Crippen LogP contribution < -0.4 is 5.32 Å². The van der Waals surface area contributed by atoms with Crippen LogP contribution in [0, 0.1) is 19.8 Å². The van der Waals surface area contributed by atoms with Crippen molar-refractivity contribution in [2.75, 3.05) is 19.7 Å². The van der Waals surface area contributed by atoms with E-state index in [1.807, 2.05) is 24.6 Å². The van der Waals surface area contributed by atoms with E-state index in [0.29, 0.717) is 26.1 Å². The van der Waals surface area contributed by atoms with Crippen LogP contribution in [-0.4, -0.2) is 57.3 Å². The van der Waals surface area contributed by atoms with Gasteiger partial charge >= 0.3 is 0 Å². The van der Waals surface area contributed by atoms with Crippen molar-refractivity contribution >= 4 is 11.8 Å². The molecule has 0 aromatic carbocycles. The number of nitrogens with one attached hydrogen (secondary N) is 1. The van der Waals surface area contributed by atoms with Crippen molar-refractivity contribution in [2.24, 2.45) is 5.92 Å². The fourth-order valence-corrected chi connectivity index (χ4v) is 2.95. The van der Waals surface area contributed by atoms with Gasteiger partial charge in [-0.15, -0.1) is 0 Å². The van der Waals surface area contributed by atoms with Gasteiger partial charge in [0.15, 0.2) is 0 Å². The largest absolute Gasteiger partial charge is 0.396 e. The Bertz CT molecular complexity index is 555. The highest BCUT2D eigenvalue weighted by molar-refractivity contribution is 5.77. The van der Waals surface area contributed by atoms with Gasteiger partial charge in [-0.05, 0) is 19.9 Å². The van der Waals surface area contributed by atoms with Crippen LogP contribution in [0.2, 0.25) is 0 Å². The number of hydrogen-bond acceptors (Lipinski definition) is 4. The van der Waals surface area contributed by atoms with E-state index in [4.69, 9.17) is 0 Å². The van der Waals surface area contributed by atoms with E-state index in [0.717, 1.165) is 11.4 Å². The summed E-state index contributed by atoms with van der Waals surface area (Å²) in [5, 5.41) is 16.5. The minimum atomic E-state index is -0.167. The first-order valence-electron chi connectivity index (χ1n) is 7.57. The van der Waals surface area contributed by atoms with Gasteiger partial charge < -0.3 is 15.3 Å². The lowest BCUT2D eigenvalue weighted by atomic mass is 10.1. The monoisotopic (exact) mass is 308 g/mol. The second-order valence-corrected chi connectivity index (χ2v) is 5.95. The number of carbonyl (C=O) groups excluding carboxylic acids is 2. The van der Waals surface area contributed by atoms with Crippen molar-refractivity contribution in [1.82, 2.24) is 20.0 Å². The molecule has 0 bridgehead atoms. The number of aliphatic hydroxyl groups excluding tert-OH is 1. The predicted molar refractivity (Wildman–Crippen MR) is 81.1 cm³/mol. The van der Waals surface area contributed by atoms with Crippen molar-refractivity contribution in [1.29, 1.82) is 0 Å². The summed E-state index contributed by atoms with van der Waals surface area (Å²) in [5.41, 5.74) is 1.98. The summed E-state index contributed by atoms with van der Waals surface area (Å²) in [4.78, 5) is 25.2. The van der Waals surface area contributed by atoms with Gasteiger partial charge in [-0.3, -0.25) is 14.3 Å². The topological polar surface area (TPSA) is 87.5 Å². The third-order valence-electron chi connectivity index (χ3n) is 4.06. The molecule has 2 amide bonds. The quantitative estimate of drug-likeness (QED) is 0.791. The van der Waals surface area contributed by atoms with Gasteiger partial charge in [-0.2, -0.15) is 5.10 Å². The number of aromatic nitrogens is 2. The number of hydrogen-bond donors (Lipinski definition) is 2. The van der Waals surface area contributed by atoms with Gasteiger partial charge in [0.1, 0.15) is 0 Å². The molecule has 0 radical (unpaired) electrons. The minimum Gasteiger partial charge on any atom is -0.396 e. The summed E-state index contributed by atoms with van der Waals surface area (Å²) >= 11 is 0. The Hall–Kier alpha value is -1.89. The highest BCUT2D eigenvalue weighted by atomic mass is 16.3. The van der Waals surface area contributed by atoms with Crippen molar-refractivity contribution in [3.63, 3.8) is 0 Å². The molecule has 0 spiro atoms. The molecule has 22 heavy (non-hydrogen) atoms. The second kappa shape index (κ2) is 6.91. The molecular formula is C15H24N4O3. The van der Waals surface area contributed by atoms with E-state index in [9.17, 15) is 14.7 Å². The molecule has 0 unspecified atom stereocenters. The number of likely N-dealkylation sites (tertiary alicyclic amines) is 1. The third kappa shape index (κ3) is 3.85. The van der Waals surface area contributed by atoms with Crippen LogP contribution in [0.25, 0.3) is 0 Å². The lowest BCUT2D eigenvalue weighted by Crippen LogP contribution is -2.40. The molecule has 2 rings (SSSR count). The van der Waals surface area contributed by atoms with Gasteiger partial charge in [-0.25, -0.2) is 0 Å². The summed E-state index contributed by atoms with van der Waals surface area (Å²) in [7, 11) is 0. The van der Waals surface area contributed by atoms with Crippen LogP contribution >= 0.6 is 0 Å². The fourth-order valence-electron chi connectivity index (χ4n) is 2.95. The summed E-state index contributed by atoms with van der Waals surface area (Å²) in [6.07, 6.45) is 0.368. The molecule has 2 N–H and O–H groups in total. The lowest BCUT2D eigenvalue weighted by Gasteiger charge is -2.17. The zero-order valence-electron chi connectivity index (χ0n) is 13.4. The van der Waals surface area contributed by atoms with Crippen molar-refractivity contribution in [3.8, 4) is 0 Å². The van der Waals surface area contributed by atoms with E-state index in [1.165, 1.54) is 6.92 Å². The lowest BCUT2D eigenvalue weighted by molar-refractivity contribution is -0.130. The second-order valence-electron chi connectivity index (χ2n) is 5.95. The summed E-state index contributed by atoms with van der Waals surface area (Å²) in [6, 6.07) is 1.81. The minimum absolute atomic E-state index is 0.0267. The van der Waals surface area contributed by atoms with Crippen LogP contribution in [0.1, 0.15) is 24.7 Å². The average Bonchev–Trinajstić information content (AvgIpc) is 2.98. The van der Waals surface area contributed by atoms with Crippen molar-refractivity contribution in [3.05, 3.63) is 17.5 Å². The Labute approximate surface area is 130 Å². The Balaban J connectivity index is 1.90. The van der Waals surface area contributed by atoms with Crippen LogP contribution in [0.5, 0.6) is 0 Å². The Kier molecular flexibility index (Phi) is 5.18. The van der Waals surface area contributed by atoms with Gasteiger partial charge in [0.25, 0.3) is 0 Å². The molecule has 0 aliphatic carbocycles. The summed E-state index contributed by atoms with van der Waals surface area (Å²) < 4.78 is 1.83. The van der Waals surface area contributed by atoms with Crippen molar-refractivity contribution < 1.29 is 14.7 Å². The Morgan fingerprint density at radius 3 is 2.68 bits per heavy atom. The average molecular weight is 308 g/mol. The smallest absolute Gasteiger partial charge is 0.224 e. The number of nitrogens with zero attached hydrogens (tertiary/aromatic N) is 3. The molecule has 122 valence electrons. The van der Waals surface area contributed by atoms with Crippen LogP contribution in [0.4, 0.5) is 0 Å². The number of amides is 2. The van der Waals surface area contributed by atoms with Crippen LogP contribution in [-0.2, 0) is 16.1 Å². The Morgan fingerprint density at radius 1 is 1.41 bits per heavy atom. The molecule has 7 nitrogen and oxygen atoms in total. The molecule has 1 aliphatic heterocycles. The predicted octanol–water partition coefficient (Wildman–Crippen LogP) is -0.155. The van der Waals surface area contributed by atoms with E-state index in [2.05, 4.69) is 10.4 Å². The van der Waals surface area contributed by atoms with Gasteiger partial charge in [0, 0.05) is 51.2 Å². The summed E-state index contributed by atoms with van der Waals surface area (Å²) in [5.74, 6) is -0.208. The molecule has 2 heterocycles.